The van der Waals surface area contributed by atoms with E-state index < -0.39 is 0 Å². The van der Waals surface area contributed by atoms with Crippen LogP contribution in [0.5, 0.6) is 23.0 Å². The van der Waals surface area contributed by atoms with Crippen LogP contribution in [0.25, 0.3) is 33.4 Å². The van der Waals surface area contributed by atoms with Gasteiger partial charge >= 0.3 is 0 Å². The molecule has 0 bridgehead atoms. The topological polar surface area (TPSA) is 138 Å². The molecule has 520 valence electrons. The average Bonchev–Trinajstić information content (AvgIpc) is 1.59. The van der Waals surface area contributed by atoms with Crippen LogP contribution in [0.4, 0.5) is 0 Å². The Morgan fingerprint density at radius 1 is 0.430 bits per heavy atom. The third kappa shape index (κ3) is 20.6. The molecule has 13 rings (SSSR count). The van der Waals surface area contributed by atoms with Gasteiger partial charge in [-0.3, -0.25) is 9.80 Å². The summed E-state index contributed by atoms with van der Waals surface area (Å²) in [4.78, 5) is 7.11. The van der Waals surface area contributed by atoms with Gasteiger partial charge < -0.3 is 44.6 Å². The van der Waals surface area contributed by atoms with Crippen LogP contribution < -0.4 is 14.2 Å². The molecule has 3 saturated heterocycles. The normalized spacial score (nSPS) is 17.9. The smallest absolute Gasteiger partial charge is 0.119 e. The van der Waals surface area contributed by atoms with Crippen molar-refractivity contribution in [1.29, 1.82) is 0 Å². The molecule has 0 radical (unpaired) electrons. The Balaban J connectivity index is 0.000000152. The van der Waals surface area contributed by atoms with Crippen LogP contribution in [0.2, 0.25) is 0 Å². The highest BCUT2D eigenvalue weighted by Gasteiger charge is 2.51. The molecule has 13 heteroatoms. The number of nitrogens with zero attached hydrogens (tertiary/aromatic N) is 3. The molecule has 1 saturated carbocycles. The summed E-state index contributed by atoms with van der Waals surface area (Å²) in [6.45, 7) is 9.21. The highest BCUT2D eigenvalue weighted by molar-refractivity contribution is 9.10. The largest absolute Gasteiger partial charge is 0.508 e. The number of likely N-dealkylation sites (N-methyl/N-ethyl adjacent to an activating group) is 1. The number of allylic oxidation sites excluding steroid dienone is 3. The first kappa shape index (κ1) is 73.3. The number of fused-ring (bicyclic) bond motifs is 1. The quantitative estimate of drug-likeness (QED) is 0.0217. The summed E-state index contributed by atoms with van der Waals surface area (Å²) < 4.78 is 20.2. The van der Waals surface area contributed by atoms with E-state index in [0.29, 0.717) is 31.0 Å². The maximum atomic E-state index is 9.87. The SMILES string of the molecule is CN1CCCC1COc1ccc(/C(=C(/CCCO)c2ccccc2)c2ccc(Br)cc2)cc1.OCCC/C(=C(\c1ccc(Br)cc1)c1ccc(OCCN2CC2)cc1)c1ccccc1.OCCC/C(=C(\c1ccc(O)cc1)c1ccc(OCCN2C[C@H]3C[C@H]3[C@H]2CO)cc1)c1ccccc1. The van der Waals surface area contributed by atoms with E-state index in [9.17, 15) is 25.5 Å². The Kier molecular flexibility index (Phi) is 27.6. The minimum Gasteiger partial charge on any atom is -0.508 e. The second kappa shape index (κ2) is 37.7. The van der Waals surface area contributed by atoms with E-state index in [1.165, 1.54) is 65.8 Å². The molecule has 5 N–H and O–H groups in total. The number of piperidine rings is 1. The van der Waals surface area contributed by atoms with Crippen LogP contribution in [0.15, 0.2) is 246 Å². The van der Waals surface area contributed by atoms with E-state index in [2.05, 4.69) is 223 Å². The molecule has 4 atom stereocenters. The fourth-order valence-electron chi connectivity index (χ4n) is 13.9. The molecule has 4 aliphatic rings. The van der Waals surface area contributed by atoms with Gasteiger partial charge in [0.1, 0.15) is 42.8 Å². The van der Waals surface area contributed by atoms with Gasteiger partial charge in [-0.2, -0.15) is 0 Å². The molecule has 0 spiro atoms. The first-order valence-corrected chi connectivity index (χ1v) is 37.1. The van der Waals surface area contributed by atoms with Crippen molar-refractivity contribution in [3.8, 4) is 23.0 Å². The lowest BCUT2D eigenvalue weighted by Crippen LogP contribution is -2.38. The van der Waals surface area contributed by atoms with Crippen LogP contribution >= 0.6 is 31.9 Å². The number of aliphatic hydroxyl groups is 4. The highest BCUT2D eigenvalue weighted by Crippen LogP contribution is 2.49. The summed E-state index contributed by atoms with van der Waals surface area (Å²) in [5.74, 6) is 4.32. The number of hydrogen-bond acceptors (Lipinski definition) is 11. The maximum absolute atomic E-state index is 9.87. The molecule has 11 nitrogen and oxygen atoms in total. The van der Waals surface area contributed by atoms with Crippen LogP contribution in [-0.2, 0) is 0 Å². The number of aromatic hydroxyl groups is 1. The number of ether oxygens (including phenoxy) is 3. The number of benzene rings is 9. The Morgan fingerprint density at radius 2 is 0.800 bits per heavy atom. The predicted molar refractivity (Wildman–Crippen MR) is 414 cm³/mol. The van der Waals surface area contributed by atoms with Gasteiger partial charge in [0.05, 0.1) is 6.61 Å². The lowest BCUT2D eigenvalue weighted by molar-refractivity contribution is 0.120. The van der Waals surface area contributed by atoms with E-state index in [1.807, 2.05) is 54.6 Å². The third-order valence-corrected chi connectivity index (χ3v) is 20.5. The van der Waals surface area contributed by atoms with Crippen LogP contribution in [0.3, 0.4) is 0 Å². The van der Waals surface area contributed by atoms with Crippen LogP contribution in [-0.4, -0.2) is 145 Å². The van der Waals surface area contributed by atoms with E-state index in [0.717, 1.165) is 154 Å². The number of halogens is 2. The molecule has 9 aromatic carbocycles. The van der Waals surface area contributed by atoms with Crippen molar-refractivity contribution in [3.05, 3.63) is 296 Å². The monoisotopic (exact) mass is 1470 g/mol. The zero-order chi connectivity index (χ0) is 69.4. The Labute approximate surface area is 608 Å². The van der Waals surface area contributed by atoms with Crippen molar-refractivity contribution < 1.29 is 39.7 Å². The Bertz CT molecular complexity index is 4040. The van der Waals surface area contributed by atoms with Crippen molar-refractivity contribution in [2.45, 2.75) is 69.9 Å². The minimum atomic E-state index is 0.127. The molecular weight excluding hydrogens is 1370 g/mol. The van der Waals surface area contributed by atoms with Gasteiger partial charge in [0.15, 0.2) is 0 Å². The fraction of sp³-hybridized carbons (Fsp3) is 0.310. The summed E-state index contributed by atoms with van der Waals surface area (Å²) in [5.41, 5.74) is 17.3. The molecular formula is C87H95Br2N3O8. The highest BCUT2D eigenvalue weighted by atomic mass is 79.9. The van der Waals surface area contributed by atoms with E-state index >= 15 is 0 Å². The maximum Gasteiger partial charge on any atom is 0.119 e. The molecule has 4 fully saturated rings. The van der Waals surface area contributed by atoms with Crippen molar-refractivity contribution >= 4 is 65.3 Å². The number of phenols is 1. The molecule has 0 aromatic heterocycles. The van der Waals surface area contributed by atoms with E-state index in [4.69, 9.17) is 14.2 Å². The standard InChI is InChI=1S/C31H35NO4.C29H32BrNO2.C27H28BrNO2/c33-17-4-7-28(22-5-2-1-3-6-22)31(23-8-12-26(35)13-9-23)24-10-14-27(15-11-24)36-18-16-32-20-25-19-29(25)30(32)21-34;1-31-19-5-9-26(31)21-33-27-17-13-24(14-18-27)29(23-11-15-25(30)16-12-23)28(10-6-20-32)22-7-3-2-4-8-22;28-24-12-8-22(9-13-24)27(26(7-4-19-30)21-5-2-1-3-6-21)23-10-14-25(15-11-23)31-20-18-29-16-17-29/h1-3,5-6,8-15,25,29-30,33-35H,4,7,16-21H2;2-4,7-8,11-18,26,32H,5-6,9-10,19-21H2,1H3;1-3,5-6,8-15,30H,4,7,16-20H2/b31-28-;29-28-;27-26-/t25-,29-,30-;;/m1../s1. The zero-order valence-electron chi connectivity index (χ0n) is 57.4. The second-order valence-electron chi connectivity index (χ2n) is 26.3. The summed E-state index contributed by atoms with van der Waals surface area (Å²) in [6.07, 6.45) is 8.18. The van der Waals surface area contributed by atoms with Gasteiger partial charge in [-0.15, -0.1) is 0 Å². The number of rotatable bonds is 30. The minimum absolute atomic E-state index is 0.127. The first-order chi connectivity index (χ1) is 49.1. The van der Waals surface area contributed by atoms with Gasteiger partial charge in [-0.25, -0.2) is 0 Å². The van der Waals surface area contributed by atoms with Crippen LogP contribution in [0.1, 0.15) is 108 Å². The Hall–Kier alpha value is -7.92. The summed E-state index contributed by atoms with van der Waals surface area (Å²) in [5, 5.41) is 48.3. The van der Waals surface area contributed by atoms with E-state index in [1.54, 1.807) is 12.1 Å². The van der Waals surface area contributed by atoms with Crippen molar-refractivity contribution in [2.24, 2.45) is 11.8 Å². The van der Waals surface area contributed by atoms with Gasteiger partial charge in [0.25, 0.3) is 0 Å². The van der Waals surface area contributed by atoms with Crippen molar-refractivity contribution in [2.75, 3.05) is 92.6 Å². The van der Waals surface area contributed by atoms with Crippen LogP contribution in [0, 0.1) is 11.8 Å². The first-order valence-electron chi connectivity index (χ1n) is 35.5. The van der Waals surface area contributed by atoms with Gasteiger partial charge in [-0.05, 0) is 240 Å². The van der Waals surface area contributed by atoms with Gasteiger partial charge in [0.2, 0.25) is 0 Å². The molecule has 3 aliphatic heterocycles. The molecule has 1 aliphatic carbocycles. The second-order valence-corrected chi connectivity index (χ2v) is 28.1. The molecule has 9 aromatic rings. The predicted octanol–water partition coefficient (Wildman–Crippen LogP) is 17.3. The number of hydrogen-bond donors (Lipinski definition) is 5. The molecule has 3 heterocycles. The van der Waals surface area contributed by atoms with Gasteiger partial charge in [-0.1, -0.05) is 196 Å². The van der Waals surface area contributed by atoms with Gasteiger partial charge in [0, 0.05) is 73.6 Å². The molecule has 0 amide bonds. The average molecular weight is 1470 g/mol. The summed E-state index contributed by atoms with van der Waals surface area (Å²) in [6, 6.07) is 81.4. The fourth-order valence-corrected chi connectivity index (χ4v) is 14.4. The zero-order valence-corrected chi connectivity index (χ0v) is 60.6. The lowest BCUT2D eigenvalue weighted by atomic mass is 9.87. The van der Waals surface area contributed by atoms with Crippen molar-refractivity contribution in [1.82, 2.24) is 14.7 Å². The number of phenolic OH excluding ortho intramolecular Hbond substituents is 1. The van der Waals surface area contributed by atoms with E-state index in [-0.39, 0.29) is 32.2 Å². The van der Waals surface area contributed by atoms with Crippen molar-refractivity contribution in [3.63, 3.8) is 0 Å². The number of aliphatic hydroxyl groups excluding tert-OH is 4. The summed E-state index contributed by atoms with van der Waals surface area (Å²) >= 11 is 7.12. The Morgan fingerprint density at radius 3 is 1.16 bits per heavy atom. The lowest BCUT2D eigenvalue weighted by Gasteiger charge is -2.25. The number of likely N-dealkylation sites (tertiary alicyclic amines) is 2. The summed E-state index contributed by atoms with van der Waals surface area (Å²) in [7, 11) is 2.18. The third-order valence-electron chi connectivity index (χ3n) is 19.5. The molecule has 1 unspecified atom stereocenters. The molecule has 100 heavy (non-hydrogen) atoms.